The molecule has 0 rings (SSSR count). The minimum atomic E-state index is 0.989. The van der Waals surface area contributed by atoms with Crippen molar-refractivity contribution in [3.05, 3.63) is 11.8 Å². The van der Waals surface area contributed by atoms with Gasteiger partial charge in [0, 0.05) is 23.5 Å². The molecule has 3 heteroatoms. The molecule has 0 bridgehead atoms. The Kier molecular flexibility index (Phi) is 6.50. The van der Waals surface area contributed by atoms with Crippen LogP contribution in [-0.4, -0.2) is 41.4 Å². The van der Waals surface area contributed by atoms with Crippen LogP contribution in [-0.2, 0) is 0 Å². The van der Waals surface area contributed by atoms with Crippen molar-refractivity contribution in [1.29, 1.82) is 0 Å². The first-order chi connectivity index (χ1) is 5.20. The van der Waals surface area contributed by atoms with Crippen LogP contribution in [0.3, 0.4) is 0 Å². The first kappa shape index (κ1) is 10.9. The van der Waals surface area contributed by atoms with Crippen molar-refractivity contribution in [2.24, 2.45) is 0 Å². The van der Waals surface area contributed by atoms with E-state index in [0.717, 1.165) is 36.5 Å². The molecule has 0 aromatic heterocycles. The highest BCUT2D eigenvalue weighted by Gasteiger charge is 1.95. The molecule has 66 valence electrons. The van der Waals surface area contributed by atoms with Gasteiger partial charge in [0.05, 0.1) is 0 Å². The fourth-order valence-electron chi connectivity index (χ4n) is 0.875. The van der Waals surface area contributed by atoms with E-state index in [-0.39, 0.29) is 0 Å². The number of nitrogens with one attached hydrogen (secondary N) is 1. The standard InChI is InChI=1S/C8H20N2Si/c1-4-10(5-2)7-9-6-8(3)11/h9H,3-7H2,1-2,11H3. The fraction of sp³-hybridized carbons (Fsp3) is 0.750. The molecule has 11 heavy (non-hydrogen) atoms. The average molecular weight is 172 g/mol. The van der Waals surface area contributed by atoms with Crippen molar-refractivity contribution in [3.63, 3.8) is 0 Å². The quantitative estimate of drug-likeness (QED) is 0.439. The summed E-state index contributed by atoms with van der Waals surface area (Å²) in [5, 5.41) is 4.68. The average Bonchev–Trinajstić information content (AvgIpc) is 1.98. The van der Waals surface area contributed by atoms with Crippen LogP contribution in [0.25, 0.3) is 0 Å². The predicted octanol–water partition coefficient (Wildman–Crippen LogP) is -0.246. The molecule has 0 aromatic rings. The Morgan fingerprint density at radius 3 is 2.36 bits per heavy atom. The topological polar surface area (TPSA) is 15.3 Å². The molecule has 0 heterocycles. The monoisotopic (exact) mass is 172 g/mol. The van der Waals surface area contributed by atoms with Crippen LogP contribution in [0.4, 0.5) is 0 Å². The molecule has 0 spiro atoms. The largest absolute Gasteiger partial charge is 0.301 e. The Bertz CT molecular complexity index is 111. The molecule has 0 saturated heterocycles. The number of hydrogen-bond donors (Lipinski definition) is 1. The summed E-state index contributed by atoms with van der Waals surface area (Å²) in [4.78, 5) is 2.35. The SMILES string of the molecule is C=C([SiH3])CNCN(CC)CC. The minimum Gasteiger partial charge on any atom is -0.301 e. The fourth-order valence-corrected chi connectivity index (χ4v) is 1.12. The van der Waals surface area contributed by atoms with Crippen molar-refractivity contribution in [2.75, 3.05) is 26.3 Å². The predicted molar refractivity (Wildman–Crippen MR) is 54.9 cm³/mol. The first-order valence-corrected chi connectivity index (χ1v) is 5.28. The third-order valence-electron chi connectivity index (χ3n) is 1.66. The molecule has 0 aliphatic rings. The molecular formula is C8H20N2Si. The van der Waals surface area contributed by atoms with Crippen molar-refractivity contribution < 1.29 is 0 Å². The van der Waals surface area contributed by atoms with Crippen LogP contribution in [0.5, 0.6) is 0 Å². The molecular weight excluding hydrogens is 152 g/mol. The van der Waals surface area contributed by atoms with Gasteiger partial charge < -0.3 is 5.32 Å². The third kappa shape index (κ3) is 6.28. The minimum absolute atomic E-state index is 0.989. The molecule has 0 aliphatic carbocycles. The van der Waals surface area contributed by atoms with E-state index in [0.29, 0.717) is 0 Å². The van der Waals surface area contributed by atoms with E-state index >= 15 is 0 Å². The summed E-state index contributed by atoms with van der Waals surface area (Å²) in [5.41, 5.74) is 0. The zero-order valence-electron chi connectivity index (χ0n) is 7.98. The van der Waals surface area contributed by atoms with Crippen LogP contribution in [0.1, 0.15) is 13.8 Å². The summed E-state index contributed by atoms with van der Waals surface area (Å²) in [6, 6.07) is 0. The van der Waals surface area contributed by atoms with Gasteiger partial charge in [-0.25, -0.2) is 0 Å². The number of hydrogen-bond acceptors (Lipinski definition) is 2. The molecule has 0 radical (unpaired) electrons. The first-order valence-electron chi connectivity index (χ1n) is 4.28. The summed E-state index contributed by atoms with van der Waals surface area (Å²) in [7, 11) is 1.11. The summed E-state index contributed by atoms with van der Waals surface area (Å²) < 4.78 is 0. The van der Waals surface area contributed by atoms with E-state index in [1.807, 2.05) is 0 Å². The van der Waals surface area contributed by atoms with Gasteiger partial charge in [-0.3, -0.25) is 4.90 Å². The van der Waals surface area contributed by atoms with Gasteiger partial charge in [0.2, 0.25) is 0 Å². The van der Waals surface area contributed by atoms with E-state index in [2.05, 4.69) is 30.6 Å². The molecule has 0 atom stereocenters. The second-order valence-electron chi connectivity index (χ2n) is 2.85. The van der Waals surface area contributed by atoms with E-state index in [9.17, 15) is 0 Å². The maximum atomic E-state index is 3.88. The van der Waals surface area contributed by atoms with Gasteiger partial charge in [0.15, 0.2) is 0 Å². The van der Waals surface area contributed by atoms with Gasteiger partial charge >= 0.3 is 0 Å². The lowest BCUT2D eigenvalue weighted by molar-refractivity contribution is 0.284. The molecule has 1 N–H and O–H groups in total. The molecule has 0 fully saturated rings. The Labute approximate surface area is 73.1 Å². The zero-order chi connectivity index (χ0) is 8.69. The smallest absolute Gasteiger partial charge is 0.0482 e. The Balaban J connectivity index is 3.28. The van der Waals surface area contributed by atoms with Crippen LogP contribution in [0.2, 0.25) is 0 Å². The van der Waals surface area contributed by atoms with Crippen LogP contribution >= 0.6 is 0 Å². The molecule has 0 aliphatic heterocycles. The maximum absolute atomic E-state index is 3.88. The van der Waals surface area contributed by atoms with Crippen molar-refractivity contribution in [1.82, 2.24) is 10.2 Å². The molecule has 0 unspecified atom stereocenters. The Hall–Kier alpha value is -0.123. The van der Waals surface area contributed by atoms with E-state index in [4.69, 9.17) is 0 Å². The second kappa shape index (κ2) is 6.58. The Morgan fingerprint density at radius 1 is 1.45 bits per heavy atom. The van der Waals surface area contributed by atoms with Gasteiger partial charge in [-0.05, 0) is 13.1 Å². The second-order valence-corrected chi connectivity index (χ2v) is 4.26. The van der Waals surface area contributed by atoms with E-state index in [1.165, 1.54) is 5.20 Å². The summed E-state index contributed by atoms with van der Waals surface area (Å²) >= 11 is 0. The summed E-state index contributed by atoms with van der Waals surface area (Å²) in [5.74, 6) is 0. The highest BCUT2D eigenvalue weighted by atomic mass is 28.1. The lowest BCUT2D eigenvalue weighted by atomic mass is 10.5. The summed E-state index contributed by atoms with van der Waals surface area (Å²) in [6.45, 7) is 12.5. The van der Waals surface area contributed by atoms with E-state index in [1.54, 1.807) is 0 Å². The molecule has 0 amide bonds. The van der Waals surface area contributed by atoms with Crippen LogP contribution in [0.15, 0.2) is 11.8 Å². The van der Waals surface area contributed by atoms with Gasteiger partial charge in [-0.15, -0.1) is 6.58 Å². The zero-order valence-corrected chi connectivity index (χ0v) is 9.98. The van der Waals surface area contributed by atoms with E-state index < -0.39 is 0 Å². The van der Waals surface area contributed by atoms with Gasteiger partial charge in [-0.2, -0.15) is 0 Å². The normalized spacial score (nSPS) is 10.8. The highest BCUT2D eigenvalue weighted by Crippen LogP contribution is 1.83. The van der Waals surface area contributed by atoms with Crippen LogP contribution < -0.4 is 5.32 Å². The van der Waals surface area contributed by atoms with Gasteiger partial charge in [-0.1, -0.05) is 19.0 Å². The highest BCUT2D eigenvalue weighted by molar-refractivity contribution is 6.21. The maximum Gasteiger partial charge on any atom is 0.0482 e. The lowest BCUT2D eigenvalue weighted by Crippen LogP contribution is -2.34. The number of nitrogens with zero attached hydrogens (tertiary/aromatic N) is 1. The Morgan fingerprint density at radius 2 is 2.00 bits per heavy atom. The van der Waals surface area contributed by atoms with Gasteiger partial charge in [0.25, 0.3) is 0 Å². The van der Waals surface area contributed by atoms with Crippen molar-refractivity contribution >= 4 is 10.2 Å². The number of rotatable bonds is 6. The summed E-state index contributed by atoms with van der Waals surface area (Å²) in [6.07, 6.45) is 0. The lowest BCUT2D eigenvalue weighted by Gasteiger charge is -2.18. The van der Waals surface area contributed by atoms with Crippen molar-refractivity contribution in [3.8, 4) is 0 Å². The van der Waals surface area contributed by atoms with Crippen LogP contribution in [0, 0.1) is 0 Å². The van der Waals surface area contributed by atoms with Crippen molar-refractivity contribution in [2.45, 2.75) is 13.8 Å². The van der Waals surface area contributed by atoms with Gasteiger partial charge in [0.1, 0.15) is 0 Å². The molecule has 0 saturated carbocycles. The third-order valence-corrected chi connectivity index (χ3v) is 2.01. The molecule has 0 aromatic carbocycles. The molecule has 2 nitrogen and oxygen atoms in total.